The summed E-state index contributed by atoms with van der Waals surface area (Å²) in [5.41, 5.74) is 0.615. The van der Waals surface area contributed by atoms with Crippen molar-refractivity contribution in [1.29, 1.82) is 0 Å². The minimum atomic E-state index is -0.0223. The van der Waals surface area contributed by atoms with Crippen LogP contribution < -0.4 is 5.32 Å². The molecule has 1 aliphatic carbocycles. The van der Waals surface area contributed by atoms with Crippen LogP contribution in [0.3, 0.4) is 0 Å². The molecule has 0 aromatic carbocycles. The molecule has 1 aromatic heterocycles. The van der Waals surface area contributed by atoms with Crippen LogP contribution in [0.4, 0.5) is 5.82 Å². The standard InChI is InChI=1S/C15H24N4O/c1-11(19(4)13-6-7-13)9-16-14-8-5-12(10-17-14)15(20)18(2)3/h5,8,10-11,13H,6-7,9H2,1-4H3,(H,16,17). The second-order valence-corrected chi connectivity index (χ2v) is 5.76. The largest absolute Gasteiger partial charge is 0.369 e. The first-order valence-corrected chi connectivity index (χ1v) is 7.12. The zero-order valence-electron chi connectivity index (χ0n) is 12.8. The van der Waals surface area contributed by atoms with E-state index in [1.54, 1.807) is 25.2 Å². The van der Waals surface area contributed by atoms with E-state index < -0.39 is 0 Å². The maximum Gasteiger partial charge on any atom is 0.254 e. The van der Waals surface area contributed by atoms with E-state index in [0.717, 1.165) is 18.4 Å². The highest BCUT2D eigenvalue weighted by Gasteiger charge is 2.28. The average Bonchev–Trinajstić information content (AvgIpc) is 3.28. The zero-order chi connectivity index (χ0) is 14.7. The summed E-state index contributed by atoms with van der Waals surface area (Å²) in [4.78, 5) is 20.0. The fourth-order valence-electron chi connectivity index (χ4n) is 2.12. The lowest BCUT2D eigenvalue weighted by molar-refractivity contribution is 0.0827. The molecule has 1 fully saturated rings. The number of hydrogen-bond acceptors (Lipinski definition) is 4. The van der Waals surface area contributed by atoms with Gasteiger partial charge >= 0.3 is 0 Å². The van der Waals surface area contributed by atoms with Gasteiger partial charge in [-0.25, -0.2) is 4.98 Å². The van der Waals surface area contributed by atoms with Crippen LogP contribution in [0.15, 0.2) is 18.3 Å². The normalized spacial score (nSPS) is 16.1. The first kappa shape index (κ1) is 14.8. The third-order valence-electron chi connectivity index (χ3n) is 3.81. The predicted molar refractivity (Wildman–Crippen MR) is 81.0 cm³/mol. The molecular weight excluding hydrogens is 252 g/mol. The highest BCUT2D eigenvalue weighted by molar-refractivity contribution is 5.93. The van der Waals surface area contributed by atoms with Crippen LogP contribution in [0.1, 0.15) is 30.1 Å². The minimum Gasteiger partial charge on any atom is -0.369 e. The van der Waals surface area contributed by atoms with E-state index in [-0.39, 0.29) is 5.91 Å². The molecule has 1 amide bonds. The van der Waals surface area contributed by atoms with E-state index in [2.05, 4.69) is 29.2 Å². The van der Waals surface area contributed by atoms with E-state index in [0.29, 0.717) is 11.6 Å². The minimum absolute atomic E-state index is 0.0223. The Morgan fingerprint density at radius 2 is 2.10 bits per heavy atom. The summed E-state index contributed by atoms with van der Waals surface area (Å²) in [5, 5.41) is 3.33. The summed E-state index contributed by atoms with van der Waals surface area (Å²) in [6.07, 6.45) is 4.26. The first-order valence-electron chi connectivity index (χ1n) is 7.12. The van der Waals surface area contributed by atoms with Gasteiger partial charge in [0.25, 0.3) is 5.91 Å². The van der Waals surface area contributed by atoms with Crippen molar-refractivity contribution in [2.24, 2.45) is 0 Å². The van der Waals surface area contributed by atoms with Gasteiger partial charge in [0, 0.05) is 38.9 Å². The van der Waals surface area contributed by atoms with Crippen LogP contribution >= 0.6 is 0 Å². The SMILES string of the molecule is CC(CNc1ccc(C(=O)N(C)C)cn1)N(C)C1CC1. The van der Waals surface area contributed by atoms with E-state index in [1.165, 1.54) is 12.8 Å². The number of nitrogens with one attached hydrogen (secondary N) is 1. The van der Waals surface area contributed by atoms with Crippen molar-refractivity contribution in [3.8, 4) is 0 Å². The van der Waals surface area contributed by atoms with Crippen molar-refractivity contribution in [3.63, 3.8) is 0 Å². The summed E-state index contributed by atoms with van der Waals surface area (Å²) in [5.74, 6) is 0.794. The highest BCUT2D eigenvalue weighted by atomic mass is 16.2. The van der Waals surface area contributed by atoms with Crippen LogP contribution in [0.25, 0.3) is 0 Å². The molecule has 1 atom stereocenters. The number of likely N-dealkylation sites (N-methyl/N-ethyl adjacent to an activating group) is 1. The maximum absolute atomic E-state index is 11.8. The van der Waals surface area contributed by atoms with E-state index in [4.69, 9.17) is 0 Å². The Labute approximate surface area is 121 Å². The summed E-state index contributed by atoms with van der Waals surface area (Å²) in [6.45, 7) is 3.08. The summed E-state index contributed by atoms with van der Waals surface area (Å²) < 4.78 is 0. The van der Waals surface area contributed by atoms with E-state index in [1.807, 2.05) is 12.1 Å². The molecule has 1 heterocycles. The lowest BCUT2D eigenvalue weighted by Gasteiger charge is -2.24. The van der Waals surface area contributed by atoms with Gasteiger partial charge < -0.3 is 10.2 Å². The van der Waals surface area contributed by atoms with Gasteiger partial charge in [-0.15, -0.1) is 0 Å². The molecule has 0 bridgehead atoms. The van der Waals surface area contributed by atoms with E-state index in [9.17, 15) is 4.79 Å². The van der Waals surface area contributed by atoms with Crippen molar-refractivity contribution < 1.29 is 4.79 Å². The molecule has 1 N–H and O–H groups in total. The summed E-state index contributed by atoms with van der Waals surface area (Å²) in [6, 6.07) is 4.92. The Kier molecular flexibility index (Phi) is 4.60. The molecule has 5 nitrogen and oxygen atoms in total. The molecule has 0 spiro atoms. The third-order valence-corrected chi connectivity index (χ3v) is 3.81. The van der Waals surface area contributed by atoms with Crippen molar-refractivity contribution in [2.45, 2.75) is 31.8 Å². The highest BCUT2D eigenvalue weighted by Crippen LogP contribution is 2.26. The Balaban J connectivity index is 1.85. The van der Waals surface area contributed by atoms with Crippen LogP contribution in [0.5, 0.6) is 0 Å². The van der Waals surface area contributed by atoms with Crippen LogP contribution in [-0.2, 0) is 0 Å². The van der Waals surface area contributed by atoms with Crippen molar-refractivity contribution in [1.82, 2.24) is 14.8 Å². The molecule has 110 valence electrons. The quantitative estimate of drug-likeness (QED) is 0.859. The number of amides is 1. The Morgan fingerprint density at radius 3 is 2.60 bits per heavy atom. The topological polar surface area (TPSA) is 48.5 Å². The fourth-order valence-corrected chi connectivity index (χ4v) is 2.12. The van der Waals surface area contributed by atoms with Gasteiger partial charge in [-0.3, -0.25) is 9.69 Å². The molecule has 0 saturated heterocycles. The number of carbonyl (C=O) groups excluding carboxylic acids is 1. The average molecular weight is 276 g/mol. The van der Waals surface area contributed by atoms with Crippen molar-refractivity contribution in [3.05, 3.63) is 23.9 Å². The van der Waals surface area contributed by atoms with E-state index >= 15 is 0 Å². The van der Waals surface area contributed by atoms with Gasteiger partial charge in [0.2, 0.25) is 0 Å². The second-order valence-electron chi connectivity index (χ2n) is 5.76. The van der Waals surface area contributed by atoms with Crippen LogP contribution in [0.2, 0.25) is 0 Å². The number of anilines is 1. The second kappa shape index (κ2) is 6.22. The number of carbonyl (C=O) groups is 1. The molecule has 1 unspecified atom stereocenters. The molecule has 1 aromatic rings. The Hall–Kier alpha value is -1.62. The molecule has 1 aliphatic rings. The predicted octanol–water partition coefficient (Wildman–Crippen LogP) is 1.68. The van der Waals surface area contributed by atoms with Gasteiger partial charge in [-0.1, -0.05) is 0 Å². The molecular formula is C15H24N4O. The molecule has 5 heteroatoms. The number of hydrogen-bond donors (Lipinski definition) is 1. The van der Waals surface area contributed by atoms with Crippen LogP contribution in [0, 0.1) is 0 Å². The lowest BCUT2D eigenvalue weighted by atomic mass is 10.2. The van der Waals surface area contributed by atoms with Gasteiger partial charge in [0.15, 0.2) is 0 Å². The van der Waals surface area contributed by atoms with Gasteiger partial charge in [0.1, 0.15) is 5.82 Å². The molecule has 1 saturated carbocycles. The van der Waals surface area contributed by atoms with Crippen LogP contribution in [-0.4, -0.2) is 60.5 Å². The molecule has 0 radical (unpaired) electrons. The number of rotatable bonds is 6. The fraction of sp³-hybridized carbons (Fsp3) is 0.600. The molecule has 20 heavy (non-hydrogen) atoms. The Bertz CT molecular complexity index is 453. The van der Waals surface area contributed by atoms with Gasteiger partial charge in [0.05, 0.1) is 5.56 Å². The number of aromatic nitrogens is 1. The maximum atomic E-state index is 11.8. The number of pyridine rings is 1. The van der Waals surface area contributed by atoms with Crippen molar-refractivity contribution >= 4 is 11.7 Å². The monoisotopic (exact) mass is 276 g/mol. The van der Waals surface area contributed by atoms with Gasteiger partial charge in [-0.2, -0.15) is 0 Å². The summed E-state index contributed by atoms with van der Waals surface area (Å²) in [7, 11) is 5.66. The molecule has 0 aliphatic heterocycles. The molecule has 2 rings (SSSR count). The zero-order valence-corrected chi connectivity index (χ0v) is 12.8. The third kappa shape index (κ3) is 3.70. The lowest BCUT2D eigenvalue weighted by Crippen LogP contribution is -2.36. The Morgan fingerprint density at radius 1 is 1.40 bits per heavy atom. The smallest absolute Gasteiger partial charge is 0.254 e. The van der Waals surface area contributed by atoms with Gasteiger partial charge in [-0.05, 0) is 38.9 Å². The number of nitrogens with zero attached hydrogens (tertiary/aromatic N) is 3. The first-order chi connectivity index (χ1) is 9.49. The van der Waals surface area contributed by atoms with Crippen molar-refractivity contribution in [2.75, 3.05) is 33.0 Å². The summed E-state index contributed by atoms with van der Waals surface area (Å²) >= 11 is 0.